The number of aliphatic hydroxyl groups is 1. The Balaban J connectivity index is -0.000000288. The number of aliphatic hydroxyl groups excluding tert-OH is 1. The fourth-order valence-electron chi connectivity index (χ4n) is 1.03. The molecule has 0 aromatic rings. The molecular formula is C11H17MgNO7. The Morgan fingerprint density at radius 2 is 1.40 bits per heavy atom. The van der Waals surface area contributed by atoms with Crippen molar-refractivity contribution in [2.75, 3.05) is 27.7 Å². The van der Waals surface area contributed by atoms with Crippen molar-refractivity contribution >= 4 is 41.0 Å². The molecule has 0 aliphatic carbocycles. The summed E-state index contributed by atoms with van der Waals surface area (Å²) in [6.07, 6.45) is -0.319. The van der Waals surface area contributed by atoms with Crippen molar-refractivity contribution in [1.29, 1.82) is 0 Å². The second kappa shape index (κ2) is 11.6. The summed E-state index contributed by atoms with van der Waals surface area (Å²) in [5, 5.41) is 38.0. The van der Waals surface area contributed by atoms with Gasteiger partial charge in [0.15, 0.2) is 0 Å². The maximum atomic E-state index is 10.0. The first-order chi connectivity index (χ1) is 8.44. The number of quaternary nitrogens is 1. The molecule has 20 heavy (non-hydrogen) atoms. The summed E-state index contributed by atoms with van der Waals surface area (Å²) >= 11 is 0. The first-order valence-corrected chi connectivity index (χ1v) is 5.22. The average molecular weight is 300 g/mol. The molecule has 0 bridgehead atoms. The van der Waals surface area contributed by atoms with E-state index in [-0.39, 0.29) is 29.5 Å². The van der Waals surface area contributed by atoms with Crippen molar-refractivity contribution in [2.45, 2.75) is 12.5 Å². The van der Waals surface area contributed by atoms with Crippen LogP contribution in [0.4, 0.5) is 0 Å². The molecule has 0 radical (unpaired) electrons. The van der Waals surface area contributed by atoms with Gasteiger partial charge in [-0.1, -0.05) is 0 Å². The fourth-order valence-corrected chi connectivity index (χ4v) is 1.03. The molecule has 0 aromatic heterocycles. The molecule has 0 spiro atoms. The second-order valence-electron chi connectivity index (χ2n) is 4.67. The quantitative estimate of drug-likeness (QED) is 0.294. The fraction of sp³-hybridized carbons (Fsp3) is 0.545. The maximum absolute atomic E-state index is 10.0. The van der Waals surface area contributed by atoms with Gasteiger partial charge >= 0.3 is 23.1 Å². The van der Waals surface area contributed by atoms with Crippen LogP contribution in [0.15, 0.2) is 12.2 Å². The first-order valence-electron chi connectivity index (χ1n) is 5.22. The Kier molecular flexibility index (Phi) is 13.9. The van der Waals surface area contributed by atoms with Crippen LogP contribution in [0.2, 0.25) is 0 Å². The molecule has 110 valence electrons. The Bertz CT molecular complexity index is 333. The van der Waals surface area contributed by atoms with E-state index in [1.165, 1.54) is 0 Å². The zero-order chi connectivity index (χ0) is 15.6. The van der Waals surface area contributed by atoms with Gasteiger partial charge in [0.2, 0.25) is 0 Å². The SMILES string of the molecule is C[N+](C)(C)C[C@H](O)CC(=O)[O-].O=C([O-])/C=C/C(=O)[O-].[Mg+2]. The molecule has 1 N–H and O–H groups in total. The molecule has 0 amide bonds. The summed E-state index contributed by atoms with van der Waals surface area (Å²) in [4.78, 5) is 28.8. The second-order valence-corrected chi connectivity index (χ2v) is 4.67. The Labute approximate surface area is 133 Å². The number of rotatable bonds is 6. The molecule has 1 atom stereocenters. The van der Waals surface area contributed by atoms with Crippen LogP contribution in [0.25, 0.3) is 0 Å². The largest absolute Gasteiger partial charge is 2.00 e. The van der Waals surface area contributed by atoms with Crippen molar-refractivity contribution in [3.05, 3.63) is 12.2 Å². The van der Waals surface area contributed by atoms with Crippen LogP contribution in [-0.2, 0) is 14.4 Å². The molecule has 0 unspecified atom stereocenters. The number of carboxylic acid groups (broad SMARTS) is 3. The van der Waals surface area contributed by atoms with Gasteiger partial charge in [0.05, 0.1) is 33.1 Å². The third kappa shape index (κ3) is 25.6. The van der Waals surface area contributed by atoms with E-state index in [4.69, 9.17) is 5.11 Å². The number of carbonyl (C=O) groups is 3. The molecular weight excluding hydrogens is 282 g/mol. The first kappa shape index (κ1) is 23.9. The zero-order valence-corrected chi connectivity index (χ0v) is 13.1. The summed E-state index contributed by atoms with van der Waals surface area (Å²) in [7, 11) is 5.66. The zero-order valence-electron chi connectivity index (χ0n) is 11.7. The topological polar surface area (TPSA) is 141 Å². The third-order valence-corrected chi connectivity index (χ3v) is 1.52. The van der Waals surface area contributed by atoms with Crippen molar-refractivity contribution in [3.63, 3.8) is 0 Å². The third-order valence-electron chi connectivity index (χ3n) is 1.52. The molecule has 8 nitrogen and oxygen atoms in total. The van der Waals surface area contributed by atoms with E-state index in [2.05, 4.69) is 0 Å². The number of hydrogen-bond donors (Lipinski definition) is 1. The number of likely N-dealkylation sites (N-methyl/N-ethyl adjacent to an activating group) is 1. The normalized spacial score (nSPS) is 11.8. The van der Waals surface area contributed by atoms with Gasteiger partial charge in [-0.25, -0.2) is 0 Å². The van der Waals surface area contributed by atoms with Crippen LogP contribution < -0.4 is 15.3 Å². The van der Waals surface area contributed by atoms with Crippen LogP contribution in [0, 0.1) is 0 Å². The van der Waals surface area contributed by atoms with Crippen molar-refractivity contribution in [3.8, 4) is 0 Å². The van der Waals surface area contributed by atoms with Crippen molar-refractivity contribution in [2.24, 2.45) is 0 Å². The van der Waals surface area contributed by atoms with Gasteiger partial charge in [0.25, 0.3) is 0 Å². The Morgan fingerprint density at radius 3 is 1.60 bits per heavy atom. The summed E-state index contributed by atoms with van der Waals surface area (Å²) in [5.74, 6) is -4.30. The predicted molar refractivity (Wildman–Crippen MR) is 63.4 cm³/mol. The minimum atomic E-state index is -1.55. The summed E-state index contributed by atoms with van der Waals surface area (Å²) in [5.41, 5.74) is 0. The van der Waals surface area contributed by atoms with E-state index >= 15 is 0 Å². The van der Waals surface area contributed by atoms with Crippen LogP contribution in [-0.4, -0.2) is 84.3 Å². The van der Waals surface area contributed by atoms with Crippen molar-refractivity contribution in [1.82, 2.24) is 0 Å². The molecule has 0 aromatic carbocycles. The van der Waals surface area contributed by atoms with Crippen LogP contribution in [0.3, 0.4) is 0 Å². The van der Waals surface area contributed by atoms with E-state index in [1.807, 2.05) is 21.1 Å². The maximum Gasteiger partial charge on any atom is 2.00 e. The summed E-state index contributed by atoms with van der Waals surface area (Å²) < 4.78 is 0.550. The minimum absolute atomic E-state index is 0. The molecule has 0 heterocycles. The van der Waals surface area contributed by atoms with Gasteiger partial charge in [0, 0.05) is 12.4 Å². The van der Waals surface area contributed by atoms with Crippen LogP contribution in [0.1, 0.15) is 6.42 Å². The van der Waals surface area contributed by atoms with E-state index in [9.17, 15) is 29.7 Å². The predicted octanol–water partition coefficient (Wildman–Crippen LogP) is -5.14. The van der Waals surface area contributed by atoms with Gasteiger partial charge in [-0.05, 0) is 12.2 Å². The number of aliphatic carboxylic acids is 3. The smallest absolute Gasteiger partial charge is 0.550 e. The van der Waals surface area contributed by atoms with Gasteiger partial charge in [-0.2, -0.15) is 0 Å². The molecule has 0 aliphatic heterocycles. The van der Waals surface area contributed by atoms with Gasteiger partial charge < -0.3 is 39.3 Å². The van der Waals surface area contributed by atoms with Crippen molar-refractivity contribution < 1.29 is 39.3 Å². The molecule has 9 heteroatoms. The number of carboxylic acids is 3. The summed E-state index contributed by atoms with van der Waals surface area (Å²) in [6, 6.07) is 0. The van der Waals surface area contributed by atoms with E-state index in [0.717, 1.165) is 0 Å². The number of nitrogens with zero attached hydrogens (tertiary/aromatic N) is 1. The monoisotopic (exact) mass is 299 g/mol. The summed E-state index contributed by atoms with van der Waals surface area (Å²) in [6.45, 7) is 0.425. The molecule has 0 rings (SSSR count). The molecule has 0 saturated carbocycles. The van der Waals surface area contributed by atoms with Gasteiger partial charge in [0.1, 0.15) is 12.6 Å². The van der Waals surface area contributed by atoms with E-state index in [1.54, 1.807) is 0 Å². The number of hydrogen-bond acceptors (Lipinski definition) is 7. The average Bonchev–Trinajstić information content (AvgIpc) is 2.10. The molecule has 0 fully saturated rings. The Morgan fingerprint density at radius 1 is 1.05 bits per heavy atom. The van der Waals surface area contributed by atoms with Crippen LogP contribution in [0.5, 0.6) is 0 Å². The van der Waals surface area contributed by atoms with E-state index in [0.29, 0.717) is 23.2 Å². The van der Waals surface area contributed by atoms with Crippen LogP contribution >= 0.6 is 0 Å². The molecule has 0 saturated heterocycles. The number of carbonyl (C=O) groups excluding carboxylic acids is 3. The minimum Gasteiger partial charge on any atom is -0.550 e. The van der Waals surface area contributed by atoms with Gasteiger partial charge in [-0.15, -0.1) is 0 Å². The van der Waals surface area contributed by atoms with Gasteiger partial charge in [-0.3, -0.25) is 0 Å². The molecule has 0 aliphatic rings. The standard InChI is InChI=1S/C7H15NO3.C4H4O4.Mg/c1-8(2,3)5-6(9)4-7(10)11;5-3(6)1-2-4(7)8;/h6,9H,4-5H2,1-3H3;1-2H,(H,5,6)(H,7,8);/q;;+2/p-2/b;2-1+;/t6-;;/m1../s1. The van der Waals surface area contributed by atoms with E-state index < -0.39 is 24.0 Å². The Hall–Kier alpha value is -1.16.